The van der Waals surface area contributed by atoms with Crippen LogP contribution in [-0.2, 0) is 4.79 Å². The van der Waals surface area contributed by atoms with Crippen LogP contribution in [-0.4, -0.2) is 27.8 Å². The number of ether oxygens (including phenoxy) is 1. The molecule has 4 rings (SSSR count). The molecular formula is C23H26N4O2. The van der Waals surface area contributed by atoms with Crippen LogP contribution < -0.4 is 9.64 Å². The van der Waals surface area contributed by atoms with Crippen LogP contribution in [0.3, 0.4) is 0 Å². The second-order valence-electron chi connectivity index (χ2n) is 7.32. The van der Waals surface area contributed by atoms with Gasteiger partial charge in [0.2, 0.25) is 11.9 Å². The number of fused-ring (bicyclic) bond motifs is 1. The number of unbranched alkanes of at least 4 members (excludes halogenated alkanes) is 1. The van der Waals surface area contributed by atoms with E-state index in [1.165, 1.54) is 0 Å². The molecule has 2 heterocycles. The van der Waals surface area contributed by atoms with Crippen LogP contribution in [0.5, 0.6) is 5.75 Å². The van der Waals surface area contributed by atoms with Gasteiger partial charge in [0.1, 0.15) is 12.1 Å². The summed E-state index contributed by atoms with van der Waals surface area (Å²) in [6, 6.07) is 18.2. The number of anilines is 1. The van der Waals surface area contributed by atoms with Crippen molar-refractivity contribution < 1.29 is 9.53 Å². The van der Waals surface area contributed by atoms with E-state index in [4.69, 9.17) is 4.74 Å². The largest absolute Gasteiger partial charge is 0.497 e. The van der Waals surface area contributed by atoms with E-state index in [9.17, 15) is 4.79 Å². The highest BCUT2D eigenvalue weighted by atomic mass is 16.5. The van der Waals surface area contributed by atoms with Gasteiger partial charge in [0.15, 0.2) is 0 Å². The number of aromatic nitrogens is 3. The van der Waals surface area contributed by atoms with Gasteiger partial charge in [0.25, 0.3) is 0 Å². The maximum Gasteiger partial charge on any atom is 0.231 e. The summed E-state index contributed by atoms with van der Waals surface area (Å²) in [6.45, 7) is 2.10. The Morgan fingerprint density at radius 1 is 1.07 bits per heavy atom. The van der Waals surface area contributed by atoms with Gasteiger partial charge in [-0.25, -0.2) is 4.68 Å². The number of carbonyl (C=O) groups is 1. The Labute approximate surface area is 171 Å². The Bertz CT molecular complexity index is 953. The Morgan fingerprint density at radius 3 is 2.48 bits per heavy atom. The second-order valence-corrected chi connectivity index (χ2v) is 7.32. The Morgan fingerprint density at radius 2 is 1.79 bits per heavy atom. The molecule has 0 aliphatic carbocycles. The molecule has 6 nitrogen and oxygen atoms in total. The predicted octanol–water partition coefficient (Wildman–Crippen LogP) is 4.54. The van der Waals surface area contributed by atoms with E-state index in [-0.39, 0.29) is 18.0 Å². The number of benzene rings is 2. The zero-order valence-electron chi connectivity index (χ0n) is 16.9. The van der Waals surface area contributed by atoms with Gasteiger partial charge >= 0.3 is 0 Å². The lowest BCUT2D eigenvalue weighted by Gasteiger charge is -2.39. The molecular weight excluding hydrogens is 364 g/mol. The van der Waals surface area contributed by atoms with Gasteiger partial charge in [-0.3, -0.25) is 9.69 Å². The summed E-state index contributed by atoms with van der Waals surface area (Å²) in [6.07, 6.45) is 4.65. The molecule has 1 amide bonds. The first-order chi connectivity index (χ1) is 14.2. The Hall–Kier alpha value is -3.15. The van der Waals surface area contributed by atoms with Crippen molar-refractivity contribution in [2.75, 3.05) is 12.0 Å². The lowest BCUT2D eigenvalue weighted by molar-refractivity contribution is -0.119. The van der Waals surface area contributed by atoms with Crippen LogP contribution in [0.25, 0.3) is 0 Å². The van der Waals surface area contributed by atoms with Crippen molar-refractivity contribution in [2.24, 2.45) is 0 Å². The molecule has 29 heavy (non-hydrogen) atoms. The molecule has 6 heteroatoms. The average Bonchev–Trinajstić information content (AvgIpc) is 3.26. The average molecular weight is 390 g/mol. The molecule has 0 fully saturated rings. The van der Waals surface area contributed by atoms with E-state index in [2.05, 4.69) is 41.3 Å². The molecule has 0 bridgehead atoms. The molecule has 0 spiro atoms. The number of hydrogen-bond acceptors (Lipinski definition) is 4. The van der Waals surface area contributed by atoms with Crippen molar-refractivity contribution >= 4 is 11.9 Å². The van der Waals surface area contributed by atoms with Gasteiger partial charge < -0.3 is 4.74 Å². The van der Waals surface area contributed by atoms with Gasteiger partial charge in [-0.1, -0.05) is 55.8 Å². The fourth-order valence-electron chi connectivity index (χ4n) is 3.99. The standard InChI is InChI=1S/C23H26N4O2/c1-3-4-10-22(28)26-20(17-8-6-5-7-9-17)15-21(27-23(26)24-16-25-27)18-11-13-19(29-2)14-12-18/h5-9,11-14,16,20-21H,3-4,10,15H2,1-2H3/t20-,21-/m0/s1. The third kappa shape index (κ3) is 3.75. The minimum atomic E-state index is -0.0793. The summed E-state index contributed by atoms with van der Waals surface area (Å²) < 4.78 is 7.18. The number of hydrogen-bond donors (Lipinski definition) is 0. The fraction of sp³-hybridized carbons (Fsp3) is 0.348. The number of carbonyl (C=O) groups excluding carboxylic acids is 1. The molecule has 3 aromatic rings. The van der Waals surface area contributed by atoms with Crippen LogP contribution >= 0.6 is 0 Å². The van der Waals surface area contributed by atoms with E-state index in [1.807, 2.05) is 39.9 Å². The van der Waals surface area contributed by atoms with Crippen molar-refractivity contribution in [2.45, 2.75) is 44.7 Å². The highest BCUT2D eigenvalue weighted by Crippen LogP contribution is 2.42. The van der Waals surface area contributed by atoms with Crippen LogP contribution in [0, 0.1) is 0 Å². The molecule has 0 radical (unpaired) electrons. The first-order valence-corrected chi connectivity index (χ1v) is 10.1. The van der Waals surface area contributed by atoms with E-state index in [1.54, 1.807) is 13.4 Å². The van der Waals surface area contributed by atoms with Gasteiger partial charge in [0, 0.05) is 6.42 Å². The molecule has 1 aliphatic rings. The molecule has 0 saturated heterocycles. The SMILES string of the molecule is CCCCC(=O)N1c2ncnn2[C@H](c2ccc(OC)cc2)C[C@H]1c1ccccc1. The monoisotopic (exact) mass is 390 g/mol. The van der Waals surface area contributed by atoms with E-state index in [0.717, 1.165) is 36.1 Å². The summed E-state index contributed by atoms with van der Waals surface area (Å²) >= 11 is 0. The molecule has 1 aliphatic heterocycles. The normalized spacial score (nSPS) is 18.3. The highest BCUT2D eigenvalue weighted by molar-refractivity contribution is 5.92. The van der Waals surface area contributed by atoms with Crippen molar-refractivity contribution in [3.8, 4) is 5.75 Å². The first-order valence-electron chi connectivity index (χ1n) is 10.1. The highest BCUT2D eigenvalue weighted by Gasteiger charge is 2.38. The van der Waals surface area contributed by atoms with Gasteiger partial charge in [0.05, 0.1) is 19.2 Å². The zero-order valence-corrected chi connectivity index (χ0v) is 16.9. The Kier molecular flexibility index (Phi) is 5.60. The molecule has 2 atom stereocenters. The topological polar surface area (TPSA) is 60.2 Å². The zero-order chi connectivity index (χ0) is 20.2. The van der Waals surface area contributed by atoms with Gasteiger partial charge in [-0.05, 0) is 36.1 Å². The van der Waals surface area contributed by atoms with Crippen LogP contribution in [0.2, 0.25) is 0 Å². The summed E-state index contributed by atoms with van der Waals surface area (Å²) in [5, 5.41) is 4.48. The van der Waals surface area contributed by atoms with E-state index < -0.39 is 0 Å². The Balaban J connectivity index is 1.77. The smallest absolute Gasteiger partial charge is 0.231 e. The summed E-state index contributed by atoms with van der Waals surface area (Å²) in [4.78, 5) is 19.5. The third-order valence-corrected chi connectivity index (χ3v) is 5.52. The molecule has 0 N–H and O–H groups in total. The molecule has 0 unspecified atom stereocenters. The quantitative estimate of drug-likeness (QED) is 0.620. The van der Waals surface area contributed by atoms with Crippen molar-refractivity contribution in [1.29, 1.82) is 0 Å². The lowest BCUT2D eigenvalue weighted by atomic mass is 9.91. The predicted molar refractivity (Wildman–Crippen MR) is 112 cm³/mol. The summed E-state index contributed by atoms with van der Waals surface area (Å²) in [5.74, 6) is 1.54. The van der Waals surface area contributed by atoms with E-state index >= 15 is 0 Å². The summed E-state index contributed by atoms with van der Waals surface area (Å²) in [7, 11) is 1.66. The minimum Gasteiger partial charge on any atom is -0.497 e. The molecule has 150 valence electrons. The molecule has 2 aromatic carbocycles. The lowest BCUT2D eigenvalue weighted by Crippen LogP contribution is -2.42. The minimum absolute atomic E-state index is 0.00108. The first kappa shape index (κ1) is 19.2. The number of amides is 1. The summed E-state index contributed by atoms with van der Waals surface area (Å²) in [5.41, 5.74) is 2.24. The van der Waals surface area contributed by atoms with Crippen molar-refractivity contribution in [3.63, 3.8) is 0 Å². The fourth-order valence-corrected chi connectivity index (χ4v) is 3.99. The molecule has 0 saturated carbocycles. The second kappa shape index (κ2) is 8.47. The third-order valence-electron chi connectivity index (χ3n) is 5.52. The van der Waals surface area contributed by atoms with E-state index in [0.29, 0.717) is 12.4 Å². The number of rotatable bonds is 6. The van der Waals surface area contributed by atoms with Gasteiger partial charge in [-0.2, -0.15) is 10.1 Å². The maximum absolute atomic E-state index is 13.2. The number of nitrogens with zero attached hydrogens (tertiary/aromatic N) is 4. The van der Waals surface area contributed by atoms with Gasteiger partial charge in [-0.15, -0.1) is 0 Å². The van der Waals surface area contributed by atoms with Crippen LogP contribution in [0.15, 0.2) is 60.9 Å². The van der Waals surface area contributed by atoms with Crippen LogP contribution in [0.1, 0.15) is 55.8 Å². The van der Waals surface area contributed by atoms with Crippen molar-refractivity contribution in [3.05, 3.63) is 72.1 Å². The van der Waals surface area contributed by atoms with Crippen molar-refractivity contribution in [1.82, 2.24) is 14.8 Å². The maximum atomic E-state index is 13.2. The van der Waals surface area contributed by atoms with Crippen LogP contribution in [0.4, 0.5) is 5.95 Å². The number of methoxy groups -OCH3 is 1. The molecule has 1 aromatic heterocycles.